The van der Waals surface area contributed by atoms with Crippen LogP contribution in [0.25, 0.3) is 0 Å². The van der Waals surface area contributed by atoms with Crippen molar-refractivity contribution in [1.29, 1.82) is 0 Å². The first kappa shape index (κ1) is 16.2. The minimum Gasteiger partial charge on any atom is -0.462 e. The smallest absolute Gasteiger partial charge is 0.338 e. The Balaban J connectivity index is 2.57. The van der Waals surface area contributed by atoms with Gasteiger partial charge in [0.25, 0.3) is 0 Å². The van der Waals surface area contributed by atoms with Crippen molar-refractivity contribution in [2.75, 3.05) is 23.9 Å². The Bertz CT molecular complexity index is 577. The molecule has 0 aliphatic carbocycles. The first-order valence-corrected chi connectivity index (χ1v) is 8.12. The van der Waals surface area contributed by atoms with Gasteiger partial charge >= 0.3 is 5.97 Å². The average Bonchev–Trinajstić information content (AvgIpc) is 2.37. The van der Waals surface area contributed by atoms with Crippen LogP contribution in [0.4, 0.5) is 5.69 Å². The number of hydrogen-bond donors (Lipinski definition) is 1. The largest absolute Gasteiger partial charge is 0.462 e. The van der Waals surface area contributed by atoms with E-state index in [1.165, 1.54) is 12.1 Å². The van der Waals surface area contributed by atoms with Crippen LogP contribution in [0.2, 0.25) is 0 Å². The lowest BCUT2D eigenvalue weighted by molar-refractivity contribution is -0.115. The van der Waals surface area contributed by atoms with E-state index in [2.05, 4.69) is 5.32 Å². The number of nitrogens with one attached hydrogen (secondary N) is 1. The summed E-state index contributed by atoms with van der Waals surface area (Å²) in [4.78, 5) is 22.9. The van der Waals surface area contributed by atoms with Crippen molar-refractivity contribution >= 4 is 27.4 Å². The molecular weight excluding hydrogens is 282 g/mol. The van der Waals surface area contributed by atoms with Gasteiger partial charge < -0.3 is 10.1 Å². The fraction of sp³-hybridized carbons (Fsp3) is 0.385. The summed E-state index contributed by atoms with van der Waals surface area (Å²) in [6, 6.07) is 6.18. The van der Waals surface area contributed by atoms with Crippen LogP contribution in [-0.4, -0.2) is 38.9 Å². The highest BCUT2D eigenvalue weighted by Gasteiger charge is 2.09. The van der Waals surface area contributed by atoms with Crippen molar-refractivity contribution < 1.29 is 22.7 Å². The number of amides is 1. The number of rotatable bonds is 6. The molecule has 0 saturated carbocycles. The molecule has 0 spiro atoms. The molecule has 110 valence electrons. The lowest BCUT2D eigenvalue weighted by Crippen LogP contribution is -2.16. The van der Waals surface area contributed by atoms with Crippen LogP contribution in [0.3, 0.4) is 0 Å². The maximum atomic E-state index is 11.5. The minimum absolute atomic E-state index is 0.0987. The lowest BCUT2D eigenvalue weighted by Gasteiger charge is -2.06. The Morgan fingerprint density at radius 1 is 1.20 bits per heavy atom. The van der Waals surface area contributed by atoms with Crippen LogP contribution >= 0.6 is 0 Å². The maximum absolute atomic E-state index is 11.5. The number of ether oxygens (including phenoxy) is 1. The van der Waals surface area contributed by atoms with Gasteiger partial charge in [0.1, 0.15) is 9.84 Å². The zero-order chi connectivity index (χ0) is 15.2. The summed E-state index contributed by atoms with van der Waals surface area (Å²) in [5.74, 6) is -1.01. The Morgan fingerprint density at radius 3 is 2.30 bits per heavy atom. The molecule has 0 aliphatic heterocycles. The third-order valence-electron chi connectivity index (χ3n) is 2.38. The molecular formula is C13H17NO5S. The number of carbonyl (C=O) groups is 2. The van der Waals surface area contributed by atoms with Crippen LogP contribution in [0.15, 0.2) is 24.3 Å². The van der Waals surface area contributed by atoms with Gasteiger partial charge in [-0.25, -0.2) is 13.2 Å². The summed E-state index contributed by atoms with van der Waals surface area (Å²) in [5.41, 5.74) is 0.887. The van der Waals surface area contributed by atoms with E-state index in [4.69, 9.17) is 4.74 Å². The predicted octanol–water partition coefficient (Wildman–Crippen LogP) is 1.24. The molecule has 0 heterocycles. The third kappa shape index (κ3) is 5.83. The van der Waals surface area contributed by atoms with E-state index >= 15 is 0 Å². The van der Waals surface area contributed by atoms with Crippen LogP contribution in [0.5, 0.6) is 0 Å². The van der Waals surface area contributed by atoms with Crippen LogP contribution in [-0.2, 0) is 19.4 Å². The Labute approximate surface area is 118 Å². The maximum Gasteiger partial charge on any atom is 0.338 e. The molecule has 1 aromatic carbocycles. The summed E-state index contributed by atoms with van der Waals surface area (Å²) in [6.45, 7) is 2.01. The highest BCUT2D eigenvalue weighted by Crippen LogP contribution is 2.11. The van der Waals surface area contributed by atoms with E-state index in [9.17, 15) is 18.0 Å². The van der Waals surface area contributed by atoms with E-state index in [0.717, 1.165) is 6.26 Å². The summed E-state index contributed by atoms with van der Waals surface area (Å²) in [7, 11) is -3.16. The van der Waals surface area contributed by atoms with Crippen molar-refractivity contribution in [3.63, 3.8) is 0 Å². The van der Waals surface area contributed by atoms with Gasteiger partial charge in [-0.2, -0.15) is 0 Å². The van der Waals surface area contributed by atoms with Crippen LogP contribution in [0, 0.1) is 0 Å². The molecule has 0 fully saturated rings. The number of sulfone groups is 1. The molecule has 0 atom stereocenters. The number of carbonyl (C=O) groups excluding carboxylic acids is 2. The van der Waals surface area contributed by atoms with Crippen molar-refractivity contribution in [2.45, 2.75) is 13.3 Å². The average molecular weight is 299 g/mol. The van der Waals surface area contributed by atoms with E-state index < -0.39 is 15.8 Å². The molecule has 1 amide bonds. The van der Waals surface area contributed by atoms with Crippen molar-refractivity contribution in [1.82, 2.24) is 0 Å². The third-order valence-corrected chi connectivity index (χ3v) is 3.33. The molecule has 1 aromatic rings. The molecule has 6 nitrogen and oxygen atoms in total. The normalized spacial score (nSPS) is 10.9. The quantitative estimate of drug-likeness (QED) is 0.798. The van der Waals surface area contributed by atoms with Gasteiger partial charge in [0.05, 0.1) is 17.9 Å². The molecule has 0 saturated heterocycles. The number of esters is 1. The topological polar surface area (TPSA) is 89.5 Å². The summed E-state index contributed by atoms with van der Waals surface area (Å²) >= 11 is 0. The van der Waals surface area contributed by atoms with E-state index in [-0.39, 0.29) is 18.1 Å². The second kappa shape index (κ2) is 7.04. The summed E-state index contributed by atoms with van der Waals surface area (Å²) in [6.07, 6.45) is 0.979. The zero-order valence-corrected chi connectivity index (χ0v) is 12.2. The molecule has 0 aliphatic rings. The van der Waals surface area contributed by atoms with Gasteiger partial charge in [0.2, 0.25) is 5.91 Å². The Morgan fingerprint density at radius 2 is 1.80 bits per heavy atom. The molecule has 0 unspecified atom stereocenters. The standard InChI is InChI=1S/C13H17NO5S/c1-3-19-13(16)10-4-6-11(7-5-10)14-12(15)8-9-20(2,17)18/h4-7H,3,8-9H2,1-2H3,(H,14,15). The minimum atomic E-state index is -3.16. The Hall–Kier alpha value is -1.89. The Kier molecular flexibility index (Phi) is 5.69. The van der Waals surface area contributed by atoms with E-state index in [0.29, 0.717) is 17.9 Å². The number of anilines is 1. The zero-order valence-electron chi connectivity index (χ0n) is 11.4. The fourth-order valence-corrected chi connectivity index (χ4v) is 1.96. The molecule has 0 bridgehead atoms. The van der Waals surface area contributed by atoms with Crippen LogP contribution in [0.1, 0.15) is 23.7 Å². The molecule has 7 heteroatoms. The SMILES string of the molecule is CCOC(=O)c1ccc(NC(=O)CCS(C)(=O)=O)cc1. The second-order valence-electron chi connectivity index (χ2n) is 4.23. The molecule has 0 radical (unpaired) electrons. The number of hydrogen-bond acceptors (Lipinski definition) is 5. The van der Waals surface area contributed by atoms with Crippen LogP contribution < -0.4 is 5.32 Å². The highest BCUT2D eigenvalue weighted by molar-refractivity contribution is 7.90. The number of benzene rings is 1. The van der Waals surface area contributed by atoms with Gasteiger partial charge in [-0.1, -0.05) is 0 Å². The fourth-order valence-electron chi connectivity index (χ4n) is 1.41. The van der Waals surface area contributed by atoms with Crippen molar-refractivity contribution in [3.05, 3.63) is 29.8 Å². The first-order chi connectivity index (χ1) is 9.31. The van der Waals surface area contributed by atoms with E-state index in [1.807, 2.05) is 0 Å². The molecule has 0 aromatic heterocycles. The molecule has 20 heavy (non-hydrogen) atoms. The molecule has 1 N–H and O–H groups in total. The van der Waals surface area contributed by atoms with Gasteiger partial charge in [0, 0.05) is 18.4 Å². The highest BCUT2D eigenvalue weighted by atomic mass is 32.2. The monoisotopic (exact) mass is 299 g/mol. The van der Waals surface area contributed by atoms with Gasteiger partial charge in [-0.15, -0.1) is 0 Å². The van der Waals surface area contributed by atoms with Gasteiger partial charge in [-0.05, 0) is 31.2 Å². The van der Waals surface area contributed by atoms with Gasteiger partial charge in [0.15, 0.2) is 0 Å². The lowest BCUT2D eigenvalue weighted by atomic mass is 10.2. The van der Waals surface area contributed by atoms with Crippen molar-refractivity contribution in [3.8, 4) is 0 Å². The van der Waals surface area contributed by atoms with E-state index in [1.54, 1.807) is 19.1 Å². The first-order valence-electron chi connectivity index (χ1n) is 6.06. The van der Waals surface area contributed by atoms with Gasteiger partial charge in [-0.3, -0.25) is 4.79 Å². The predicted molar refractivity (Wildman–Crippen MR) is 75.4 cm³/mol. The summed E-state index contributed by atoms with van der Waals surface area (Å²) < 4.78 is 26.7. The van der Waals surface area contributed by atoms with Crippen molar-refractivity contribution in [2.24, 2.45) is 0 Å². The molecule has 1 rings (SSSR count). The summed E-state index contributed by atoms with van der Waals surface area (Å²) in [5, 5.41) is 2.56. The second-order valence-corrected chi connectivity index (χ2v) is 6.49.